The van der Waals surface area contributed by atoms with Crippen LogP contribution in [0.1, 0.15) is 42.7 Å². The van der Waals surface area contributed by atoms with Crippen molar-refractivity contribution in [3.63, 3.8) is 0 Å². The van der Waals surface area contributed by atoms with Crippen molar-refractivity contribution in [2.75, 3.05) is 6.61 Å². The number of piperidine rings is 1. The van der Waals surface area contributed by atoms with Crippen LogP contribution in [0.25, 0.3) is 11.1 Å². The molecule has 2 bridgehead atoms. The van der Waals surface area contributed by atoms with Gasteiger partial charge in [-0.3, -0.25) is 4.90 Å². The Bertz CT molecular complexity index is 958. The highest BCUT2D eigenvalue weighted by molar-refractivity contribution is 5.79. The van der Waals surface area contributed by atoms with Crippen LogP contribution in [-0.2, 0) is 4.74 Å². The summed E-state index contributed by atoms with van der Waals surface area (Å²) in [6.45, 7) is 0.345. The Balaban J connectivity index is 1.37. The third kappa shape index (κ3) is 2.70. The van der Waals surface area contributed by atoms with E-state index >= 15 is 0 Å². The number of nitrogens with zero attached hydrogens (tertiary/aromatic N) is 2. The van der Waals surface area contributed by atoms with E-state index in [0.29, 0.717) is 13.0 Å². The van der Waals surface area contributed by atoms with E-state index in [9.17, 15) is 10.1 Å². The molecule has 1 aliphatic carbocycles. The largest absolute Gasteiger partial charge is 0.448 e. The Morgan fingerprint density at radius 2 is 1.75 bits per heavy atom. The smallest absolute Gasteiger partial charge is 0.410 e. The lowest BCUT2D eigenvalue weighted by Crippen LogP contribution is -2.52. The minimum Gasteiger partial charge on any atom is -0.448 e. The molecule has 28 heavy (non-hydrogen) atoms. The van der Waals surface area contributed by atoms with Crippen LogP contribution in [0.15, 0.2) is 60.2 Å². The van der Waals surface area contributed by atoms with Gasteiger partial charge in [-0.05, 0) is 47.6 Å². The summed E-state index contributed by atoms with van der Waals surface area (Å²) in [5, 5.41) is 9.25. The lowest BCUT2D eigenvalue weighted by Gasteiger charge is -2.43. The second-order valence-electron chi connectivity index (χ2n) is 7.87. The first-order chi connectivity index (χ1) is 13.8. The molecule has 1 amide bonds. The van der Waals surface area contributed by atoms with Gasteiger partial charge in [-0.25, -0.2) is 4.79 Å². The van der Waals surface area contributed by atoms with Crippen molar-refractivity contribution in [1.82, 2.24) is 4.90 Å². The lowest BCUT2D eigenvalue weighted by molar-refractivity contribution is 0.0517. The average Bonchev–Trinajstić information content (AvgIpc) is 3.05. The summed E-state index contributed by atoms with van der Waals surface area (Å²) in [5.74, 6) is 0.0752. The van der Waals surface area contributed by atoms with Crippen molar-refractivity contribution < 1.29 is 9.53 Å². The number of hydrogen-bond donors (Lipinski definition) is 0. The van der Waals surface area contributed by atoms with Crippen LogP contribution in [0, 0.1) is 11.3 Å². The molecule has 4 heteroatoms. The molecular formula is C24H22N2O2. The first-order valence-electron chi connectivity index (χ1n) is 10.0. The topological polar surface area (TPSA) is 53.3 Å². The van der Waals surface area contributed by atoms with Gasteiger partial charge in [0.2, 0.25) is 0 Å². The molecule has 2 aliphatic heterocycles. The number of nitriles is 1. The number of rotatable bonds is 2. The standard InChI is InChI=1S/C24H22N2O2/c25-14-16-12-17-6-5-7-18(13-16)26(17)24(27)28-15-23-21-10-3-1-8-19(21)20-9-2-4-11-22(20)23/h1-4,8-12,17-18,23H,5-7,13,15H2. The van der Waals surface area contributed by atoms with E-state index in [1.165, 1.54) is 22.3 Å². The minimum absolute atomic E-state index is 0.00204. The molecule has 4 nitrogen and oxygen atoms in total. The van der Waals surface area contributed by atoms with Crippen molar-refractivity contribution in [2.24, 2.45) is 0 Å². The molecule has 2 atom stereocenters. The third-order valence-electron chi connectivity index (χ3n) is 6.33. The van der Waals surface area contributed by atoms with Crippen LogP contribution in [-0.4, -0.2) is 29.7 Å². The first-order valence-corrected chi connectivity index (χ1v) is 10.0. The van der Waals surface area contributed by atoms with Crippen molar-refractivity contribution in [1.29, 1.82) is 5.26 Å². The summed E-state index contributed by atoms with van der Waals surface area (Å²) >= 11 is 0. The normalized spacial score (nSPS) is 22.7. The molecule has 0 aromatic heterocycles. The number of hydrogen-bond acceptors (Lipinski definition) is 3. The van der Waals surface area contributed by atoms with Crippen LogP contribution in [0.3, 0.4) is 0 Å². The van der Waals surface area contributed by atoms with Crippen LogP contribution in [0.5, 0.6) is 0 Å². The second-order valence-corrected chi connectivity index (χ2v) is 7.87. The second kappa shape index (κ2) is 6.83. The molecule has 0 saturated carbocycles. The Kier molecular flexibility index (Phi) is 4.16. The third-order valence-corrected chi connectivity index (χ3v) is 6.33. The first kappa shape index (κ1) is 17.1. The quantitative estimate of drug-likeness (QED) is 0.746. The summed E-state index contributed by atoms with van der Waals surface area (Å²) in [7, 11) is 0. The summed E-state index contributed by atoms with van der Waals surface area (Å²) in [5.41, 5.74) is 5.72. The Hall–Kier alpha value is -3.06. The van der Waals surface area contributed by atoms with Gasteiger partial charge in [-0.2, -0.15) is 5.26 Å². The van der Waals surface area contributed by atoms with Gasteiger partial charge >= 0.3 is 6.09 Å². The molecule has 3 aliphatic rings. The van der Waals surface area contributed by atoms with E-state index in [1.807, 2.05) is 23.1 Å². The molecule has 5 rings (SSSR count). The zero-order chi connectivity index (χ0) is 19.1. The summed E-state index contributed by atoms with van der Waals surface area (Å²) in [4.78, 5) is 14.9. The highest BCUT2D eigenvalue weighted by Crippen LogP contribution is 2.44. The highest BCUT2D eigenvalue weighted by atomic mass is 16.6. The van der Waals surface area contributed by atoms with Crippen LogP contribution in [0.2, 0.25) is 0 Å². The number of ether oxygens (including phenoxy) is 1. The molecule has 0 spiro atoms. The maximum absolute atomic E-state index is 13.0. The molecule has 0 radical (unpaired) electrons. The zero-order valence-corrected chi connectivity index (χ0v) is 15.7. The molecule has 0 N–H and O–H groups in total. The van der Waals surface area contributed by atoms with E-state index in [2.05, 4.69) is 42.5 Å². The monoisotopic (exact) mass is 370 g/mol. The molecular weight excluding hydrogens is 348 g/mol. The van der Waals surface area contributed by atoms with E-state index in [0.717, 1.165) is 24.8 Å². The number of fused-ring (bicyclic) bond motifs is 5. The minimum atomic E-state index is -0.246. The Morgan fingerprint density at radius 3 is 2.39 bits per heavy atom. The fourth-order valence-electron chi connectivity index (χ4n) is 5.07. The summed E-state index contributed by atoms with van der Waals surface area (Å²) < 4.78 is 5.86. The average molecular weight is 370 g/mol. The molecule has 2 unspecified atom stereocenters. The van der Waals surface area contributed by atoms with E-state index < -0.39 is 0 Å². The molecule has 1 fully saturated rings. The molecule has 1 saturated heterocycles. The van der Waals surface area contributed by atoms with Gasteiger partial charge in [0.15, 0.2) is 0 Å². The van der Waals surface area contributed by atoms with E-state index in [1.54, 1.807) is 0 Å². The Morgan fingerprint density at radius 1 is 1.07 bits per heavy atom. The maximum atomic E-state index is 13.0. The lowest BCUT2D eigenvalue weighted by atomic mass is 9.86. The predicted octanol–water partition coefficient (Wildman–Crippen LogP) is 5.01. The van der Waals surface area contributed by atoms with Gasteiger partial charge in [0.05, 0.1) is 12.1 Å². The molecule has 140 valence electrons. The van der Waals surface area contributed by atoms with Crippen molar-refractivity contribution in [3.8, 4) is 17.2 Å². The van der Waals surface area contributed by atoms with Gasteiger partial charge in [-0.1, -0.05) is 48.5 Å². The van der Waals surface area contributed by atoms with Crippen LogP contribution >= 0.6 is 0 Å². The highest BCUT2D eigenvalue weighted by Gasteiger charge is 2.38. The number of amides is 1. The van der Waals surface area contributed by atoms with E-state index in [-0.39, 0.29) is 24.1 Å². The van der Waals surface area contributed by atoms with Gasteiger partial charge in [0.25, 0.3) is 0 Å². The Labute approximate surface area is 165 Å². The molecule has 2 heterocycles. The van der Waals surface area contributed by atoms with Crippen molar-refractivity contribution in [3.05, 3.63) is 71.3 Å². The van der Waals surface area contributed by atoms with E-state index in [4.69, 9.17) is 4.74 Å². The number of benzene rings is 2. The van der Waals surface area contributed by atoms with Crippen molar-refractivity contribution in [2.45, 2.75) is 43.7 Å². The fraction of sp³-hybridized carbons (Fsp3) is 0.333. The van der Waals surface area contributed by atoms with Gasteiger partial charge in [0.1, 0.15) is 6.61 Å². The SMILES string of the molecule is N#CC1=CC2CCCC(C1)N2C(=O)OCC1c2ccccc2-c2ccccc21. The van der Waals surface area contributed by atoms with Gasteiger partial charge in [-0.15, -0.1) is 0 Å². The number of carbonyl (C=O) groups is 1. The predicted molar refractivity (Wildman–Crippen MR) is 107 cm³/mol. The summed E-state index contributed by atoms with van der Waals surface area (Å²) in [6.07, 6.45) is 5.31. The van der Waals surface area contributed by atoms with Gasteiger partial charge in [0, 0.05) is 24.0 Å². The van der Waals surface area contributed by atoms with Gasteiger partial charge < -0.3 is 4.74 Å². The zero-order valence-electron chi connectivity index (χ0n) is 15.7. The molecule has 2 aromatic rings. The van der Waals surface area contributed by atoms with Crippen LogP contribution < -0.4 is 0 Å². The van der Waals surface area contributed by atoms with Crippen molar-refractivity contribution >= 4 is 6.09 Å². The van der Waals surface area contributed by atoms with Crippen LogP contribution in [0.4, 0.5) is 4.79 Å². The molecule has 2 aromatic carbocycles. The number of carbonyl (C=O) groups excluding carboxylic acids is 1. The summed E-state index contributed by atoms with van der Waals surface area (Å²) in [6, 6.07) is 19.1. The fourth-order valence-corrected chi connectivity index (χ4v) is 5.07. The maximum Gasteiger partial charge on any atom is 0.410 e.